The third-order valence-electron chi connectivity index (χ3n) is 2.63. The first-order chi connectivity index (χ1) is 8.99. The predicted molar refractivity (Wildman–Crippen MR) is 80.9 cm³/mol. The zero-order chi connectivity index (χ0) is 14.0. The van der Waals surface area contributed by atoms with Crippen LogP contribution in [0.5, 0.6) is 0 Å². The standard InChI is InChI=1S/C14H10Br2FNO/c1-8-6-12(17)11(16)7-13(8)18-14(19)9-4-2-3-5-10(9)15/h2-7H,1H3,(H,18,19). The van der Waals surface area contributed by atoms with E-state index in [4.69, 9.17) is 0 Å². The molecule has 0 bridgehead atoms. The zero-order valence-corrected chi connectivity index (χ0v) is 13.2. The van der Waals surface area contributed by atoms with Gasteiger partial charge in [-0.1, -0.05) is 12.1 Å². The Morgan fingerprint density at radius 1 is 1.16 bits per heavy atom. The van der Waals surface area contributed by atoms with Crippen molar-refractivity contribution in [1.29, 1.82) is 0 Å². The van der Waals surface area contributed by atoms with Gasteiger partial charge in [-0.3, -0.25) is 4.79 Å². The van der Waals surface area contributed by atoms with Gasteiger partial charge in [0, 0.05) is 10.2 Å². The van der Waals surface area contributed by atoms with E-state index in [0.29, 0.717) is 25.8 Å². The fourth-order valence-corrected chi connectivity index (χ4v) is 2.42. The number of benzene rings is 2. The number of hydrogen-bond acceptors (Lipinski definition) is 1. The summed E-state index contributed by atoms with van der Waals surface area (Å²) in [6.07, 6.45) is 0. The van der Waals surface area contributed by atoms with Crippen LogP contribution < -0.4 is 5.32 Å². The molecule has 2 aromatic rings. The molecule has 2 nitrogen and oxygen atoms in total. The monoisotopic (exact) mass is 385 g/mol. The molecule has 2 aromatic carbocycles. The summed E-state index contributed by atoms with van der Waals surface area (Å²) in [5, 5.41) is 2.77. The summed E-state index contributed by atoms with van der Waals surface area (Å²) in [4.78, 5) is 12.1. The van der Waals surface area contributed by atoms with Crippen molar-refractivity contribution in [3.8, 4) is 0 Å². The molecule has 0 spiro atoms. The zero-order valence-electron chi connectivity index (χ0n) is 10.0. The Balaban J connectivity index is 2.30. The minimum Gasteiger partial charge on any atom is -0.322 e. The highest BCUT2D eigenvalue weighted by Crippen LogP contribution is 2.25. The molecule has 5 heteroatoms. The molecule has 0 saturated carbocycles. The lowest BCUT2D eigenvalue weighted by atomic mass is 10.1. The summed E-state index contributed by atoms with van der Waals surface area (Å²) >= 11 is 6.43. The lowest BCUT2D eigenvalue weighted by molar-refractivity contribution is 0.102. The molecule has 1 amide bonds. The van der Waals surface area contributed by atoms with Crippen LogP contribution in [0.4, 0.5) is 10.1 Å². The van der Waals surface area contributed by atoms with Crippen molar-refractivity contribution in [2.75, 3.05) is 5.32 Å². The molecule has 0 unspecified atom stereocenters. The largest absolute Gasteiger partial charge is 0.322 e. The van der Waals surface area contributed by atoms with Gasteiger partial charge in [0.2, 0.25) is 0 Å². The van der Waals surface area contributed by atoms with Crippen molar-refractivity contribution >= 4 is 43.5 Å². The maximum absolute atomic E-state index is 13.3. The number of carbonyl (C=O) groups is 1. The Hall–Kier alpha value is -1.20. The fourth-order valence-electron chi connectivity index (χ4n) is 1.62. The van der Waals surface area contributed by atoms with Gasteiger partial charge in [-0.2, -0.15) is 0 Å². The molecular formula is C14H10Br2FNO. The van der Waals surface area contributed by atoms with E-state index in [2.05, 4.69) is 37.2 Å². The number of rotatable bonds is 2. The predicted octanol–water partition coefficient (Wildman–Crippen LogP) is 4.91. The molecule has 0 aliphatic rings. The molecule has 0 saturated heterocycles. The molecule has 0 aliphatic heterocycles. The van der Waals surface area contributed by atoms with Gasteiger partial charge in [0.25, 0.3) is 5.91 Å². The van der Waals surface area contributed by atoms with Crippen molar-refractivity contribution in [1.82, 2.24) is 0 Å². The first-order valence-corrected chi connectivity index (χ1v) is 7.09. The molecule has 0 fully saturated rings. The first kappa shape index (κ1) is 14.2. The minimum atomic E-state index is -0.351. The van der Waals surface area contributed by atoms with Crippen molar-refractivity contribution in [2.45, 2.75) is 6.92 Å². The number of hydrogen-bond donors (Lipinski definition) is 1. The summed E-state index contributed by atoms with van der Waals surface area (Å²) in [5.41, 5.74) is 1.78. The molecule has 98 valence electrons. The van der Waals surface area contributed by atoms with Gasteiger partial charge in [-0.25, -0.2) is 4.39 Å². The third kappa shape index (κ3) is 3.22. The molecule has 19 heavy (non-hydrogen) atoms. The van der Waals surface area contributed by atoms with Crippen molar-refractivity contribution < 1.29 is 9.18 Å². The summed E-state index contributed by atoms with van der Waals surface area (Å²) in [7, 11) is 0. The van der Waals surface area contributed by atoms with Gasteiger partial charge < -0.3 is 5.32 Å². The van der Waals surface area contributed by atoms with Gasteiger partial charge in [-0.05, 0) is 68.6 Å². The molecule has 0 aliphatic carbocycles. The maximum Gasteiger partial charge on any atom is 0.256 e. The third-order valence-corrected chi connectivity index (χ3v) is 3.93. The Morgan fingerprint density at radius 3 is 2.53 bits per heavy atom. The van der Waals surface area contributed by atoms with Crippen LogP contribution in [0.1, 0.15) is 15.9 Å². The normalized spacial score (nSPS) is 10.3. The van der Waals surface area contributed by atoms with Gasteiger partial charge >= 0.3 is 0 Å². The minimum absolute atomic E-state index is 0.242. The smallest absolute Gasteiger partial charge is 0.256 e. The van der Waals surface area contributed by atoms with Gasteiger partial charge in [-0.15, -0.1) is 0 Å². The molecule has 1 N–H and O–H groups in total. The fraction of sp³-hybridized carbons (Fsp3) is 0.0714. The lowest BCUT2D eigenvalue weighted by Crippen LogP contribution is -2.13. The Labute approximate surface area is 127 Å². The van der Waals surface area contributed by atoms with Gasteiger partial charge in [0.05, 0.1) is 10.0 Å². The highest BCUT2D eigenvalue weighted by molar-refractivity contribution is 9.10. The second-order valence-electron chi connectivity index (χ2n) is 4.02. The summed E-state index contributed by atoms with van der Waals surface area (Å²) < 4.78 is 14.4. The Kier molecular flexibility index (Phi) is 4.37. The first-order valence-electron chi connectivity index (χ1n) is 5.50. The molecule has 0 radical (unpaired) electrons. The van der Waals surface area contributed by atoms with Crippen molar-refractivity contribution in [3.63, 3.8) is 0 Å². The highest BCUT2D eigenvalue weighted by Gasteiger charge is 2.12. The SMILES string of the molecule is Cc1cc(F)c(Br)cc1NC(=O)c1ccccc1Br. The van der Waals surface area contributed by atoms with Crippen LogP contribution in [0.15, 0.2) is 45.3 Å². The van der Waals surface area contributed by atoms with E-state index in [1.807, 2.05) is 6.07 Å². The molecule has 0 heterocycles. The highest BCUT2D eigenvalue weighted by atomic mass is 79.9. The Morgan fingerprint density at radius 2 is 1.84 bits per heavy atom. The summed E-state index contributed by atoms with van der Waals surface area (Å²) in [5.74, 6) is -0.592. The van der Waals surface area contributed by atoms with Crippen LogP contribution in [0.3, 0.4) is 0 Å². The van der Waals surface area contributed by atoms with E-state index < -0.39 is 0 Å². The van der Waals surface area contributed by atoms with E-state index in [1.54, 1.807) is 31.2 Å². The van der Waals surface area contributed by atoms with Crippen LogP contribution in [0.2, 0.25) is 0 Å². The molecular weight excluding hydrogens is 377 g/mol. The molecule has 2 rings (SSSR count). The van der Waals surface area contributed by atoms with Crippen LogP contribution in [0.25, 0.3) is 0 Å². The molecule has 0 atom stereocenters. The van der Waals surface area contributed by atoms with E-state index >= 15 is 0 Å². The quantitative estimate of drug-likeness (QED) is 0.780. The number of amides is 1. The van der Waals surface area contributed by atoms with Crippen LogP contribution in [-0.4, -0.2) is 5.91 Å². The van der Waals surface area contributed by atoms with E-state index in [-0.39, 0.29) is 11.7 Å². The van der Waals surface area contributed by atoms with E-state index in [0.717, 1.165) is 0 Å². The van der Waals surface area contributed by atoms with E-state index in [1.165, 1.54) is 6.07 Å². The van der Waals surface area contributed by atoms with Crippen molar-refractivity contribution in [3.05, 3.63) is 62.3 Å². The summed E-state index contributed by atoms with van der Waals surface area (Å²) in [6.45, 7) is 1.74. The second-order valence-corrected chi connectivity index (χ2v) is 5.72. The molecule has 0 aromatic heterocycles. The number of halogens is 3. The number of carbonyl (C=O) groups excluding carboxylic acids is 1. The van der Waals surface area contributed by atoms with Crippen molar-refractivity contribution in [2.24, 2.45) is 0 Å². The van der Waals surface area contributed by atoms with Crippen LogP contribution in [0, 0.1) is 12.7 Å². The van der Waals surface area contributed by atoms with E-state index in [9.17, 15) is 9.18 Å². The van der Waals surface area contributed by atoms with Crippen LogP contribution in [-0.2, 0) is 0 Å². The lowest BCUT2D eigenvalue weighted by Gasteiger charge is -2.10. The van der Waals surface area contributed by atoms with Crippen LogP contribution >= 0.6 is 31.9 Å². The second kappa shape index (κ2) is 5.84. The van der Waals surface area contributed by atoms with Gasteiger partial charge in [0.1, 0.15) is 5.82 Å². The summed E-state index contributed by atoms with van der Waals surface area (Å²) in [6, 6.07) is 10.1. The maximum atomic E-state index is 13.3. The Bertz CT molecular complexity index is 643. The number of anilines is 1. The van der Waals surface area contributed by atoms with Gasteiger partial charge in [0.15, 0.2) is 0 Å². The average molecular weight is 387 g/mol. The topological polar surface area (TPSA) is 29.1 Å². The number of aryl methyl sites for hydroxylation is 1. The number of nitrogens with one attached hydrogen (secondary N) is 1. The average Bonchev–Trinajstić information content (AvgIpc) is 2.36.